The summed E-state index contributed by atoms with van der Waals surface area (Å²) in [6.45, 7) is 13.1. The number of carbonyl (C=O) groups is 3. The molecule has 2 saturated carbocycles. The van der Waals surface area contributed by atoms with E-state index in [2.05, 4.69) is 46.8 Å². The van der Waals surface area contributed by atoms with E-state index in [9.17, 15) is 14.4 Å². The number of hydrogen-bond acceptors (Lipinski definition) is 6. The van der Waals surface area contributed by atoms with Crippen molar-refractivity contribution < 1.29 is 28.6 Å². The number of esters is 3. The molecule has 0 aromatic carbocycles. The van der Waals surface area contributed by atoms with Crippen molar-refractivity contribution in [1.82, 2.24) is 0 Å². The van der Waals surface area contributed by atoms with Gasteiger partial charge < -0.3 is 14.2 Å². The van der Waals surface area contributed by atoms with E-state index < -0.39 is 22.2 Å². The predicted octanol–water partition coefficient (Wildman–Crippen LogP) is 6.64. The Morgan fingerprint density at radius 3 is 2.52 bits per heavy atom. The van der Waals surface area contributed by atoms with Crippen LogP contribution in [-0.2, 0) is 28.6 Å². The van der Waals surface area contributed by atoms with Crippen LogP contribution in [-0.4, -0.2) is 37.2 Å². The molecule has 5 aliphatic carbocycles. The van der Waals surface area contributed by atoms with E-state index in [0.717, 1.165) is 19.3 Å². The summed E-state index contributed by atoms with van der Waals surface area (Å²) in [7, 11) is 1.39. The summed E-state index contributed by atoms with van der Waals surface area (Å²) in [5, 5.41) is 0. The molecule has 1 aliphatic heterocycles. The first-order valence-electron chi connectivity index (χ1n) is 15.5. The Hall–Kier alpha value is -2.37. The largest absolute Gasteiger partial charge is 0.466 e. The van der Waals surface area contributed by atoms with Crippen molar-refractivity contribution in [2.45, 2.75) is 112 Å². The second-order valence-corrected chi connectivity index (χ2v) is 14.5. The lowest BCUT2D eigenvalue weighted by Gasteiger charge is -2.64. The molecule has 6 nitrogen and oxygen atoms in total. The normalized spacial score (nSPS) is 41.5. The van der Waals surface area contributed by atoms with Crippen LogP contribution in [0.1, 0.15) is 99.3 Å². The topological polar surface area (TPSA) is 78.9 Å². The summed E-state index contributed by atoms with van der Waals surface area (Å²) in [5.41, 5.74) is 1.83. The first kappa shape index (κ1) is 27.8. The third-order valence-corrected chi connectivity index (χ3v) is 12.4. The fourth-order valence-corrected chi connectivity index (χ4v) is 10.7. The van der Waals surface area contributed by atoms with E-state index in [1.807, 2.05) is 0 Å². The number of hydrogen-bond donors (Lipinski definition) is 0. The van der Waals surface area contributed by atoms with Crippen molar-refractivity contribution in [3.63, 3.8) is 0 Å². The lowest BCUT2D eigenvalue weighted by atomic mass is 9.39. The Balaban J connectivity index is 1.47. The fraction of sp³-hybridized carbons (Fsp3) is 0.735. The number of ether oxygens (including phenoxy) is 3. The van der Waals surface area contributed by atoms with Gasteiger partial charge in [0.05, 0.1) is 23.7 Å². The van der Waals surface area contributed by atoms with Gasteiger partial charge in [-0.1, -0.05) is 66.0 Å². The standard InChI is InChI=1S/C34H46O6/c1-19(2)9-8-10-20(3)23-11-12-24-25-14-16-33-17-22(39-21(4)35)13-15-32(33,6)34(25)26(18-31(23,24)5)40-30(37)28(34)27(33)29(36)38-7/h12,14,19-20,22-23,26H,8-11,13,15-18H2,1-7H3/t20-,22+,23-,26-,31-,32+,33+,34-/m1/s1. The molecule has 0 unspecified atom stereocenters. The molecule has 8 atom stereocenters. The molecular formula is C34H46O6. The Bertz CT molecular complexity index is 1250. The molecule has 6 aliphatic rings. The van der Waals surface area contributed by atoms with Gasteiger partial charge in [0.1, 0.15) is 12.2 Å². The summed E-state index contributed by atoms with van der Waals surface area (Å²) in [6, 6.07) is 0. The zero-order valence-electron chi connectivity index (χ0n) is 25.4. The Labute approximate surface area is 239 Å². The average Bonchev–Trinajstić information content (AvgIpc) is 3.39. The number of allylic oxidation sites excluding steroid dienone is 3. The summed E-state index contributed by atoms with van der Waals surface area (Å²) >= 11 is 0. The van der Waals surface area contributed by atoms with Crippen LogP contribution in [0.4, 0.5) is 0 Å². The highest BCUT2D eigenvalue weighted by molar-refractivity contribution is 6.07. The van der Waals surface area contributed by atoms with Crippen LogP contribution in [0.15, 0.2) is 34.4 Å². The highest BCUT2D eigenvalue weighted by Crippen LogP contribution is 2.83. The zero-order valence-corrected chi connectivity index (χ0v) is 25.4. The van der Waals surface area contributed by atoms with Gasteiger partial charge in [0.25, 0.3) is 0 Å². The number of carbonyl (C=O) groups excluding carboxylic acids is 3. The van der Waals surface area contributed by atoms with Crippen LogP contribution in [0.2, 0.25) is 0 Å². The molecule has 0 aromatic heterocycles. The van der Waals surface area contributed by atoms with Crippen LogP contribution in [0, 0.1) is 39.4 Å². The maximum Gasteiger partial charge on any atom is 0.335 e. The molecule has 40 heavy (non-hydrogen) atoms. The van der Waals surface area contributed by atoms with Crippen molar-refractivity contribution in [2.24, 2.45) is 39.4 Å². The van der Waals surface area contributed by atoms with Gasteiger partial charge >= 0.3 is 17.9 Å². The molecule has 6 rings (SSSR count). The average molecular weight is 551 g/mol. The molecule has 3 fully saturated rings. The van der Waals surface area contributed by atoms with Gasteiger partial charge in [-0.3, -0.25) is 4.79 Å². The smallest absolute Gasteiger partial charge is 0.335 e. The second kappa shape index (κ2) is 9.06. The fourth-order valence-electron chi connectivity index (χ4n) is 10.7. The van der Waals surface area contributed by atoms with Crippen LogP contribution >= 0.6 is 0 Å². The third kappa shape index (κ3) is 3.25. The van der Waals surface area contributed by atoms with Crippen LogP contribution < -0.4 is 0 Å². The Morgan fingerprint density at radius 1 is 1.10 bits per heavy atom. The number of fused-ring (bicyclic) bond motifs is 2. The molecule has 1 heterocycles. The minimum Gasteiger partial charge on any atom is -0.466 e. The highest BCUT2D eigenvalue weighted by Gasteiger charge is 2.82. The van der Waals surface area contributed by atoms with Gasteiger partial charge in [0.15, 0.2) is 0 Å². The van der Waals surface area contributed by atoms with Crippen molar-refractivity contribution in [3.05, 3.63) is 34.4 Å². The predicted molar refractivity (Wildman–Crippen MR) is 151 cm³/mol. The van der Waals surface area contributed by atoms with Gasteiger partial charge in [0, 0.05) is 12.3 Å². The van der Waals surface area contributed by atoms with E-state index in [1.54, 1.807) is 0 Å². The maximum atomic E-state index is 13.9. The third-order valence-electron chi connectivity index (χ3n) is 12.4. The lowest BCUT2D eigenvalue weighted by Crippen LogP contribution is -2.61. The van der Waals surface area contributed by atoms with E-state index >= 15 is 0 Å². The minimum absolute atomic E-state index is 0.0753. The van der Waals surface area contributed by atoms with Crippen molar-refractivity contribution in [2.75, 3.05) is 7.11 Å². The van der Waals surface area contributed by atoms with Gasteiger partial charge in [-0.05, 0) is 78.3 Å². The first-order valence-corrected chi connectivity index (χ1v) is 15.5. The minimum atomic E-state index is -0.672. The summed E-state index contributed by atoms with van der Waals surface area (Å²) in [4.78, 5) is 39.5. The summed E-state index contributed by atoms with van der Waals surface area (Å²) in [5.74, 6) is 0.679. The van der Waals surface area contributed by atoms with Gasteiger partial charge in [0.2, 0.25) is 0 Å². The number of rotatable bonds is 7. The van der Waals surface area contributed by atoms with Crippen LogP contribution in [0.3, 0.4) is 0 Å². The molecule has 218 valence electrons. The summed E-state index contributed by atoms with van der Waals surface area (Å²) in [6.07, 6.45) is 12.3. The molecule has 2 bridgehead atoms. The maximum absolute atomic E-state index is 13.9. The molecule has 0 radical (unpaired) electrons. The molecular weight excluding hydrogens is 504 g/mol. The molecule has 0 aromatic rings. The van der Waals surface area contributed by atoms with Gasteiger partial charge in [-0.2, -0.15) is 0 Å². The molecule has 0 N–H and O–H groups in total. The first-order chi connectivity index (χ1) is 18.9. The second-order valence-electron chi connectivity index (χ2n) is 14.5. The van der Waals surface area contributed by atoms with Crippen molar-refractivity contribution >= 4 is 17.9 Å². The Kier molecular flexibility index (Phi) is 6.30. The van der Waals surface area contributed by atoms with E-state index in [-0.39, 0.29) is 29.6 Å². The Morgan fingerprint density at radius 2 is 1.85 bits per heavy atom. The van der Waals surface area contributed by atoms with E-state index in [0.29, 0.717) is 48.2 Å². The van der Waals surface area contributed by atoms with Crippen LogP contribution in [0.25, 0.3) is 0 Å². The SMILES string of the molecule is COC(=O)C1=C2C(=O)O[C@@H]3C[C@@]4(C)C(=CC[C@@H]4[C@H](C)CCCC(C)C)C4=CC[C@]15C[C@@H](OC(C)=O)CC[C@]5(C)[C@@]423. The number of methoxy groups -OCH3 is 1. The van der Waals surface area contributed by atoms with Crippen LogP contribution in [0.5, 0.6) is 0 Å². The molecule has 6 heteroatoms. The van der Waals surface area contributed by atoms with Crippen molar-refractivity contribution in [3.8, 4) is 0 Å². The van der Waals surface area contributed by atoms with E-state index in [1.165, 1.54) is 44.4 Å². The lowest BCUT2D eigenvalue weighted by molar-refractivity contribution is -0.168. The molecule has 1 spiro atoms. The monoisotopic (exact) mass is 550 g/mol. The zero-order chi connectivity index (χ0) is 28.8. The quantitative estimate of drug-likeness (QED) is 0.261. The highest BCUT2D eigenvalue weighted by atomic mass is 16.6. The van der Waals surface area contributed by atoms with Gasteiger partial charge in [-0.25, -0.2) is 9.59 Å². The van der Waals surface area contributed by atoms with Crippen molar-refractivity contribution in [1.29, 1.82) is 0 Å². The molecule has 1 saturated heterocycles. The van der Waals surface area contributed by atoms with Gasteiger partial charge in [-0.15, -0.1) is 0 Å². The summed E-state index contributed by atoms with van der Waals surface area (Å²) < 4.78 is 17.5. The molecule has 0 amide bonds. The van der Waals surface area contributed by atoms with E-state index in [4.69, 9.17) is 14.2 Å².